The van der Waals surface area contributed by atoms with Crippen LogP contribution in [0.2, 0.25) is 0 Å². The predicted octanol–water partition coefficient (Wildman–Crippen LogP) is 22.4. The van der Waals surface area contributed by atoms with Gasteiger partial charge in [0.05, 0.1) is 24.2 Å². The molecule has 6 rings (SSSR count). The summed E-state index contributed by atoms with van der Waals surface area (Å²) >= 11 is 3.21. The van der Waals surface area contributed by atoms with E-state index in [1.807, 2.05) is 80.0 Å². The smallest absolute Gasteiger partial charge is 0.266 e. The molecule has 0 aromatic carbocycles. The highest BCUT2D eigenvalue weighted by molar-refractivity contribution is 7.09. The Hall–Kier alpha value is -4.49. The summed E-state index contributed by atoms with van der Waals surface area (Å²) in [5.41, 5.74) is 11.5. The molecule has 0 bridgehead atoms. The fraction of sp³-hybridized carbons (Fsp3) is 0.724. The van der Waals surface area contributed by atoms with Crippen LogP contribution >= 0.6 is 22.9 Å². The highest BCUT2D eigenvalue weighted by Crippen LogP contribution is 2.25. The second kappa shape index (κ2) is 41.2. The van der Waals surface area contributed by atoms with Gasteiger partial charge in [-0.2, -0.15) is 10.2 Å². The van der Waals surface area contributed by atoms with Crippen LogP contribution in [0.25, 0.3) is 0 Å². The van der Waals surface area contributed by atoms with E-state index in [0.717, 1.165) is 11.1 Å². The number of hydrogen-bond acceptors (Lipinski definition) is 9. The minimum atomic E-state index is -0.0533. The lowest BCUT2D eigenvalue weighted by Crippen LogP contribution is -2.23. The lowest BCUT2D eigenvalue weighted by atomic mass is 9.88. The molecule has 0 N–H and O–H groups in total. The molecule has 0 saturated carbocycles. The number of nitrogens with zero attached hydrogens (tertiary/aromatic N) is 9. The molecule has 0 spiro atoms. The molecule has 0 unspecified atom stereocenters. The molecule has 0 atom stereocenters. The van der Waals surface area contributed by atoms with Crippen LogP contribution in [0.5, 0.6) is 0 Å². The number of rotatable bonds is 0. The number of aromatic nitrogens is 9. The molecule has 0 amide bonds. The maximum absolute atomic E-state index is 11.2. The van der Waals surface area contributed by atoms with E-state index >= 15 is 0 Å². The van der Waals surface area contributed by atoms with Gasteiger partial charge in [-0.05, 0) is 101 Å². The minimum Gasteiger partial charge on any atom is -0.337 e. The van der Waals surface area contributed by atoms with Gasteiger partial charge in [-0.15, -0.1) is 11.3 Å². The van der Waals surface area contributed by atoms with Gasteiger partial charge < -0.3 is 9.13 Å². The van der Waals surface area contributed by atoms with Crippen molar-refractivity contribution in [2.24, 2.45) is 60.7 Å². The number of hydrogen-bond donors (Lipinski definition) is 0. The summed E-state index contributed by atoms with van der Waals surface area (Å²) < 4.78 is 10.7. The second-order valence-corrected chi connectivity index (χ2v) is 39.2. The van der Waals surface area contributed by atoms with Crippen LogP contribution in [0.1, 0.15) is 303 Å². The molecule has 6 aromatic rings. The number of pyridine rings is 1. The highest BCUT2D eigenvalue weighted by Gasteiger charge is 2.18. The van der Waals surface area contributed by atoms with Crippen LogP contribution in [-0.2, 0) is 55.3 Å². The monoisotopic (exact) mass is 1280 g/mol. The maximum Gasteiger partial charge on any atom is 0.266 e. The molecule has 0 aliphatic carbocycles. The van der Waals surface area contributed by atoms with Crippen LogP contribution in [0.4, 0.5) is 0 Å². The molecule has 6 aromatic heterocycles. The van der Waals surface area contributed by atoms with Crippen molar-refractivity contribution in [2.45, 2.75) is 304 Å². The van der Waals surface area contributed by atoms with Gasteiger partial charge in [0.2, 0.25) is 0 Å². The predicted molar refractivity (Wildman–Crippen MR) is 401 cm³/mol. The van der Waals surface area contributed by atoms with Crippen LogP contribution in [0.15, 0.2) is 88.4 Å². The molecule has 0 aliphatic rings. The Morgan fingerprint density at radius 3 is 0.955 bits per heavy atom. The summed E-state index contributed by atoms with van der Waals surface area (Å²) in [6.45, 7) is 86.7. The molecule has 13 heteroatoms. The van der Waals surface area contributed by atoms with Crippen molar-refractivity contribution in [3.8, 4) is 0 Å². The lowest BCUT2D eigenvalue weighted by molar-refractivity contribution is 0.469. The van der Waals surface area contributed by atoms with Gasteiger partial charge in [0.15, 0.2) is 0 Å². The summed E-state index contributed by atoms with van der Waals surface area (Å²) in [5.74, 6) is 0. The highest BCUT2D eigenvalue weighted by atomic mass is 32.1. The Labute approximate surface area is 559 Å². The van der Waals surface area contributed by atoms with E-state index in [1.165, 1.54) is 37.9 Å². The van der Waals surface area contributed by atoms with Crippen molar-refractivity contribution >= 4 is 22.9 Å². The van der Waals surface area contributed by atoms with Gasteiger partial charge in [0, 0.05) is 92.7 Å². The quantitative estimate of drug-likeness (QED) is 0.149. The topological polar surface area (TPSA) is 118 Å². The Balaban J connectivity index is -0.000000215. The van der Waals surface area contributed by atoms with E-state index in [1.54, 1.807) is 48.3 Å². The van der Waals surface area contributed by atoms with Crippen molar-refractivity contribution in [3.63, 3.8) is 0 Å². The first kappa shape index (κ1) is 95.6. The van der Waals surface area contributed by atoms with Gasteiger partial charge in [-0.3, -0.25) is 19.3 Å². The largest absolute Gasteiger partial charge is 0.337 e. The fourth-order valence-electron chi connectivity index (χ4n) is 4.63. The molecule has 0 aliphatic heterocycles. The van der Waals surface area contributed by atoms with E-state index in [0.29, 0.717) is 32.5 Å². The molecular formula is C76H145N9O2S2. The SMILES string of the molecule is CC(C)(C)C.CC(C)(C)C.CC(C)(C)C.CC(C)(C)C.CC(C)(C)C.CC(C)(C)C.CC(C)(C)c1cncs1.Cc1cnsc1.Cn1cc(C(C)(C)C)cn1.Cn1ccc(C(C)(C)C)cc1=O.Cn1cncc1C(C)(C)C.Cn1ncc(C(C)(C)C)cc1=O. The van der Waals surface area contributed by atoms with Gasteiger partial charge in [0.25, 0.3) is 11.1 Å². The third-order valence-electron chi connectivity index (χ3n) is 8.69. The molecular weight excluding hydrogens is 1140 g/mol. The normalized spacial score (nSPS) is 11.7. The number of imidazole rings is 1. The van der Waals surface area contributed by atoms with Crippen LogP contribution in [0.3, 0.4) is 0 Å². The number of thiazole rings is 1. The average Bonchev–Trinajstić information content (AvgIpc) is 4.27. The third kappa shape index (κ3) is 77.7. The van der Waals surface area contributed by atoms with Crippen LogP contribution in [0, 0.1) is 39.4 Å². The van der Waals surface area contributed by atoms with Crippen molar-refractivity contribution in [3.05, 3.63) is 132 Å². The van der Waals surface area contributed by atoms with E-state index < -0.39 is 0 Å². The first-order chi connectivity index (χ1) is 38.8. The number of aryl methyl sites for hydroxylation is 5. The maximum atomic E-state index is 11.2. The summed E-state index contributed by atoms with van der Waals surface area (Å²) in [5, 5.41) is 10.1. The van der Waals surface area contributed by atoms with Crippen molar-refractivity contribution in [2.75, 3.05) is 0 Å². The zero-order chi connectivity index (χ0) is 72.6. The van der Waals surface area contributed by atoms with Crippen molar-refractivity contribution in [1.29, 1.82) is 0 Å². The Bertz CT molecular complexity index is 2580. The minimum absolute atomic E-state index is 0.000417. The lowest BCUT2D eigenvalue weighted by Gasteiger charge is -2.18. The second-order valence-electron chi connectivity index (χ2n) is 37.7. The molecule has 6 heterocycles. The van der Waals surface area contributed by atoms with E-state index in [-0.39, 0.29) is 38.2 Å². The Morgan fingerprint density at radius 2 is 0.764 bits per heavy atom. The third-order valence-corrected chi connectivity index (χ3v) is 10.6. The van der Waals surface area contributed by atoms with Crippen LogP contribution in [-0.4, -0.2) is 43.0 Å². The first-order valence-corrected chi connectivity index (χ1v) is 33.5. The zero-order valence-corrected chi connectivity index (χ0v) is 68.3. The molecule has 0 radical (unpaired) electrons. The molecule has 89 heavy (non-hydrogen) atoms. The van der Waals surface area contributed by atoms with Gasteiger partial charge in [-0.1, -0.05) is 270 Å². The van der Waals surface area contributed by atoms with E-state index in [4.69, 9.17) is 0 Å². The molecule has 11 nitrogen and oxygen atoms in total. The average molecular weight is 1280 g/mol. The summed E-state index contributed by atoms with van der Waals surface area (Å²) in [7, 11) is 7.37. The summed E-state index contributed by atoms with van der Waals surface area (Å²) in [6.07, 6.45) is 15.1. The van der Waals surface area contributed by atoms with Gasteiger partial charge in [0.1, 0.15) is 0 Å². The fourth-order valence-corrected chi connectivity index (χ4v) is 5.85. The van der Waals surface area contributed by atoms with Crippen molar-refractivity contribution in [1.82, 2.24) is 43.0 Å². The molecule has 518 valence electrons. The van der Waals surface area contributed by atoms with Crippen molar-refractivity contribution < 1.29 is 0 Å². The zero-order valence-electron chi connectivity index (χ0n) is 66.7. The molecule has 0 fully saturated rings. The molecule has 0 saturated heterocycles. The first-order valence-electron chi connectivity index (χ1n) is 31.8. The summed E-state index contributed by atoms with van der Waals surface area (Å²) in [4.78, 5) is 31.8. The van der Waals surface area contributed by atoms with Gasteiger partial charge in [-0.25, -0.2) is 14.0 Å². The summed E-state index contributed by atoms with van der Waals surface area (Å²) in [6, 6.07) is 5.31. The Kier molecular flexibility index (Phi) is 44.2. The van der Waals surface area contributed by atoms with Gasteiger partial charge >= 0.3 is 0 Å². The van der Waals surface area contributed by atoms with E-state index in [2.05, 4.69) is 305 Å². The van der Waals surface area contributed by atoms with E-state index in [9.17, 15) is 9.59 Å². The van der Waals surface area contributed by atoms with Crippen LogP contribution < -0.4 is 11.1 Å². The standard InChI is InChI=1S/C10H15NO.C9H14N2O.2C8H14N2.C7H11NS.6C5H12.C4H5NS/c1-10(2,3)8-5-6-11(4)9(12)7-8;1-9(2,3)7-5-8(12)11(4)10-6-7;1-8(2,3)7-5-9-6-10(7)4;1-8(2,3)7-5-9-10(4)6-7;1-7(2,3)6-4-8-5-9-6;6*1-5(2,3)4;1-4-2-5-6-3-4/h5-7H,1-4H3;5-6H,1-4H3;2*5-6H,1-4H3;4-5H,1-3H3;6*1-4H3;2-3H,1H3. The Morgan fingerprint density at radius 1 is 0.393 bits per heavy atom.